The van der Waals surface area contributed by atoms with Crippen molar-refractivity contribution in [3.63, 3.8) is 0 Å². The standard InChI is InChI=1S/C13H20N4/c1-4-10(3)9-17(5-2)13-12(15)6-11(7-14)8-16-13/h6,8,10H,4-5,9,15H2,1-3H3. The van der Waals surface area contributed by atoms with E-state index in [2.05, 4.69) is 30.7 Å². The summed E-state index contributed by atoms with van der Waals surface area (Å²) < 4.78 is 0. The molecular weight excluding hydrogens is 212 g/mol. The van der Waals surface area contributed by atoms with Gasteiger partial charge in [-0.1, -0.05) is 20.3 Å². The molecule has 1 aromatic rings. The number of hydrogen-bond donors (Lipinski definition) is 1. The second-order valence-electron chi connectivity index (χ2n) is 4.30. The topological polar surface area (TPSA) is 65.9 Å². The van der Waals surface area contributed by atoms with E-state index in [1.807, 2.05) is 6.07 Å². The number of rotatable bonds is 5. The van der Waals surface area contributed by atoms with Crippen molar-refractivity contribution < 1.29 is 0 Å². The second kappa shape index (κ2) is 6.09. The number of hydrogen-bond acceptors (Lipinski definition) is 4. The van der Waals surface area contributed by atoms with Gasteiger partial charge in [-0.05, 0) is 18.9 Å². The van der Waals surface area contributed by atoms with Gasteiger partial charge in [-0.25, -0.2) is 4.98 Å². The molecule has 92 valence electrons. The fraction of sp³-hybridized carbons (Fsp3) is 0.538. The SMILES string of the molecule is CCC(C)CN(CC)c1ncc(C#N)cc1N. The average molecular weight is 232 g/mol. The molecule has 1 atom stereocenters. The van der Waals surface area contributed by atoms with Gasteiger partial charge in [-0.3, -0.25) is 0 Å². The first-order chi connectivity index (χ1) is 8.12. The molecule has 4 nitrogen and oxygen atoms in total. The van der Waals surface area contributed by atoms with Crippen molar-refractivity contribution in [3.05, 3.63) is 17.8 Å². The highest BCUT2D eigenvalue weighted by Gasteiger charge is 2.12. The van der Waals surface area contributed by atoms with Crippen LogP contribution in [0.5, 0.6) is 0 Å². The molecule has 0 fully saturated rings. The number of nitrogen functional groups attached to an aromatic ring is 1. The zero-order valence-electron chi connectivity index (χ0n) is 10.8. The summed E-state index contributed by atoms with van der Waals surface area (Å²) in [6.45, 7) is 8.28. The number of nitrogens with two attached hydrogens (primary N) is 1. The van der Waals surface area contributed by atoms with Gasteiger partial charge >= 0.3 is 0 Å². The number of nitrogens with zero attached hydrogens (tertiary/aromatic N) is 3. The van der Waals surface area contributed by atoms with Gasteiger partial charge in [0.1, 0.15) is 6.07 Å². The number of anilines is 2. The van der Waals surface area contributed by atoms with Crippen molar-refractivity contribution in [1.82, 2.24) is 4.98 Å². The molecule has 0 aliphatic carbocycles. The fourth-order valence-electron chi connectivity index (χ4n) is 1.67. The summed E-state index contributed by atoms with van der Waals surface area (Å²) >= 11 is 0. The highest BCUT2D eigenvalue weighted by atomic mass is 15.2. The Morgan fingerprint density at radius 2 is 2.24 bits per heavy atom. The largest absolute Gasteiger partial charge is 0.396 e. The van der Waals surface area contributed by atoms with E-state index < -0.39 is 0 Å². The van der Waals surface area contributed by atoms with Gasteiger partial charge in [0.2, 0.25) is 0 Å². The van der Waals surface area contributed by atoms with Gasteiger partial charge in [-0.15, -0.1) is 0 Å². The molecule has 1 aromatic heterocycles. The molecule has 17 heavy (non-hydrogen) atoms. The van der Waals surface area contributed by atoms with Crippen molar-refractivity contribution in [1.29, 1.82) is 5.26 Å². The third kappa shape index (κ3) is 3.35. The van der Waals surface area contributed by atoms with E-state index in [9.17, 15) is 0 Å². The molecule has 0 aliphatic rings. The van der Waals surface area contributed by atoms with Gasteiger partial charge in [0, 0.05) is 19.3 Å². The monoisotopic (exact) mass is 232 g/mol. The molecule has 4 heteroatoms. The van der Waals surface area contributed by atoms with E-state index >= 15 is 0 Å². The Morgan fingerprint density at radius 1 is 1.53 bits per heavy atom. The molecule has 0 aromatic carbocycles. The lowest BCUT2D eigenvalue weighted by atomic mass is 10.1. The van der Waals surface area contributed by atoms with E-state index in [1.54, 1.807) is 12.3 Å². The lowest BCUT2D eigenvalue weighted by Gasteiger charge is -2.26. The van der Waals surface area contributed by atoms with E-state index in [0.717, 1.165) is 25.3 Å². The molecule has 0 aliphatic heterocycles. The molecule has 1 rings (SSSR count). The van der Waals surface area contributed by atoms with Gasteiger partial charge in [0.15, 0.2) is 5.82 Å². The Bertz CT molecular complexity index is 408. The molecule has 0 bridgehead atoms. The van der Waals surface area contributed by atoms with Gasteiger partial charge in [0.05, 0.1) is 11.3 Å². The van der Waals surface area contributed by atoms with Crippen LogP contribution in [-0.4, -0.2) is 18.1 Å². The van der Waals surface area contributed by atoms with Crippen molar-refractivity contribution in [2.45, 2.75) is 27.2 Å². The number of nitriles is 1. The van der Waals surface area contributed by atoms with Crippen molar-refractivity contribution >= 4 is 11.5 Å². The lowest BCUT2D eigenvalue weighted by molar-refractivity contribution is 0.546. The van der Waals surface area contributed by atoms with Crippen LogP contribution in [0.15, 0.2) is 12.3 Å². The lowest BCUT2D eigenvalue weighted by Crippen LogP contribution is -2.29. The molecule has 0 amide bonds. The molecule has 0 radical (unpaired) electrons. The van der Waals surface area contributed by atoms with Crippen LogP contribution in [-0.2, 0) is 0 Å². The minimum Gasteiger partial charge on any atom is -0.396 e. The van der Waals surface area contributed by atoms with Crippen LogP contribution in [0.25, 0.3) is 0 Å². The van der Waals surface area contributed by atoms with Crippen LogP contribution in [0.1, 0.15) is 32.8 Å². The predicted octanol–water partition coefficient (Wildman–Crippen LogP) is 2.41. The molecule has 1 heterocycles. The van der Waals surface area contributed by atoms with E-state index in [4.69, 9.17) is 11.0 Å². The third-order valence-electron chi connectivity index (χ3n) is 2.93. The minimum atomic E-state index is 0.505. The maximum absolute atomic E-state index is 8.77. The summed E-state index contributed by atoms with van der Waals surface area (Å²) in [6.07, 6.45) is 2.71. The molecular formula is C13H20N4. The second-order valence-corrected chi connectivity index (χ2v) is 4.30. The van der Waals surface area contributed by atoms with E-state index in [1.165, 1.54) is 0 Å². The van der Waals surface area contributed by atoms with E-state index in [0.29, 0.717) is 17.2 Å². The summed E-state index contributed by atoms with van der Waals surface area (Å²) in [5.74, 6) is 1.39. The van der Waals surface area contributed by atoms with Crippen LogP contribution in [0.3, 0.4) is 0 Å². The Morgan fingerprint density at radius 3 is 2.71 bits per heavy atom. The van der Waals surface area contributed by atoms with Crippen molar-refractivity contribution in [3.8, 4) is 6.07 Å². The zero-order valence-corrected chi connectivity index (χ0v) is 10.8. The Hall–Kier alpha value is -1.76. The van der Waals surface area contributed by atoms with Crippen molar-refractivity contribution in [2.24, 2.45) is 5.92 Å². The van der Waals surface area contributed by atoms with Gasteiger partial charge in [-0.2, -0.15) is 5.26 Å². The van der Waals surface area contributed by atoms with Crippen LogP contribution in [0.4, 0.5) is 11.5 Å². The summed E-state index contributed by atoms with van der Waals surface area (Å²) in [4.78, 5) is 6.44. The Balaban J connectivity index is 2.93. The summed E-state index contributed by atoms with van der Waals surface area (Å²) in [5.41, 5.74) is 7.02. The quantitative estimate of drug-likeness (QED) is 0.846. The fourth-order valence-corrected chi connectivity index (χ4v) is 1.67. The zero-order chi connectivity index (χ0) is 12.8. The number of aromatic nitrogens is 1. The maximum Gasteiger partial charge on any atom is 0.151 e. The average Bonchev–Trinajstić information content (AvgIpc) is 2.35. The first-order valence-electron chi connectivity index (χ1n) is 6.02. The Kier molecular flexibility index (Phi) is 4.77. The highest BCUT2D eigenvalue weighted by Crippen LogP contribution is 2.22. The van der Waals surface area contributed by atoms with Crippen LogP contribution in [0.2, 0.25) is 0 Å². The van der Waals surface area contributed by atoms with Crippen molar-refractivity contribution in [2.75, 3.05) is 23.7 Å². The molecule has 0 spiro atoms. The van der Waals surface area contributed by atoms with Crippen LogP contribution < -0.4 is 10.6 Å². The maximum atomic E-state index is 8.77. The minimum absolute atomic E-state index is 0.505. The Labute approximate surface area is 103 Å². The molecule has 1 unspecified atom stereocenters. The molecule has 2 N–H and O–H groups in total. The summed E-state index contributed by atoms with van der Waals surface area (Å²) in [6, 6.07) is 3.73. The first-order valence-corrected chi connectivity index (χ1v) is 6.02. The summed E-state index contributed by atoms with van der Waals surface area (Å²) in [5, 5.41) is 8.77. The summed E-state index contributed by atoms with van der Waals surface area (Å²) in [7, 11) is 0. The molecule has 0 saturated carbocycles. The first kappa shape index (κ1) is 13.3. The van der Waals surface area contributed by atoms with E-state index in [-0.39, 0.29) is 0 Å². The van der Waals surface area contributed by atoms with Crippen LogP contribution in [0, 0.1) is 17.2 Å². The van der Waals surface area contributed by atoms with Gasteiger partial charge in [0.25, 0.3) is 0 Å². The van der Waals surface area contributed by atoms with Crippen LogP contribution >= 0.6 is 0 Å². The normalized spacial score (nSPS) is 11.9. The molecule has 0 saturated heterocycles. The third-order valence-corrected chi connectivity index (χ3v) is 2.93. The van der Waals surface area contributed by atoms with Gasteiger partial charge < -0.3 is 10.6 Å². The smallest absolute Gasteiger partial charge is 0.151 e. The highest BCUT2D eigenvalue weighted by molar-refractivity contribution is 5.64. The predicted molar refractivity (Wildman–Crippen MR) is 70.7 cm³/mol. The number of pyridine rings is 1.